The summed E-state index contributed by atoms with van der Waals surface area (Å²) in [4.78, 5) is 76.6. The number of nitrogens with zero attached hydrogens (tertiary/aromatic N) is 3. The Morgan fingerprint density at radius 2 is 0.964 bits per heavy atom. The molecule has 55 heavy (non-hydrogen) atoms. The number of imide groups is 2. The largest absolute Gasteiger partial charge is 1.00 e. The van der Waals surface area contributed by atoms with Crippen LogP contribution in [0.1, 0.15) is 129 Å². The predicted molar refractivity (Wildman–Crippen MR) is 205 cm³/mol. The Morgan fingerprint density at radius 1 is 0.655 bits per heavy atom. The van der Waals surface area contributed by atoms with E-state index < -0.39 is 46.8 Å². The molecule has 2 fully saturated rings. The van der Waals surface area contributed by atoms with Crippen molar-refractivity contribution in [2.24, 2.45) is 11.8 Å². The van der Waals surface area contributed by atoms with Crippen molar-refractivity contribution in [2.75, 3.05) is 27.2 Å². The summed E-state index contributed by atoms with van der Waals surface area (Å²) in [6.07, 6.45) is 7.87. The van der Waals surface area contributed by atoms with Crippen molar-refractivity contribution in [1.29, 1.82) is 0 Å². The van der Waals surface area contributed by atoms with E-state index in [9.17, 15) is 28.8 Å². The Hall–Kier alpha value is -3.70. The Morgan fingerprint density at radius 3 is 1.20 bits per heavy atom. The van der Waals surface area contributed by atoms with E-state index in [4.69, 9.17) is 30.2 Å². The Bertz CT molecular complexity index is 1290. The van der Waals surface area contributed by atoms with Crippen LogP contribution in [-0.4, -0.2) is 101 Å². The monoisotopic (exact) mass is 771 g/mol. The molecule has 2 aliphatic carbocycles. The number of carbonyl (C=O) groups is 6. The molecule has 5 amide bonds. The number of hydrogen-bond donors (Lipinski definition) is 0. The maximum atomic E-state index is 12.2. The van der Waals surface area contributed by atoms with Gasteiger partial charge in [-0.15, -0.1) is 6.42 Å². The molecule has 0 unspecified atom stereocenters. The molecule has 0 aromatic carbocycles. The molecule has 0 heterocycles. The SMILES string of the molecule is C#CCN(C(=O)OC(C)(C)C)C(=O)OC(C)(C)C.CC(C)(C)OC(=O)N(CC#CC(=O)C1CC1)C(=O)OC(C)(C)C.CON(C)C(=O)C1CC1.[CH2-]CCC.[Li+]. The summed E-state index contributed by atoms with van der Waals surface area (Å²) in [5, 5.41) is 1.29. The molecule has 2 rings (SSSR count). The van der Waals surface area contributed by atoms with Gasteiger partial charge in [-0.1, -0.05) is 25.2 Å². The van der Waals surface area contributed by atoms with E-state index in [1.807, 2.05) is 0 Å². The van der Waals surface area contributed by atoms with Crippen molar-refractivity contribution in [3.8, 4) is 24.2 Å². The Balaban J connectivity index is -0.000000745. The molecule has 2 aliphatic rings. The fraction of sp³-hybridized carbons (Fsp3) is 0.725. The second kappa shape index (κ2) is 25.5. The number of unbranched alkanes of at least 4 members (excludes halogenated alkanes) is 1. The number of Topliss-reactive ketones (excluding diaryl/α,β-unsaturated/α-hetero) is 1. The van der Waals surface area contributed by atoms with Crippen LogP contribution in [0.4, 0.5) is 19.2 Å². The standard InChI is InChI=1S/C17H25NO5.C13H21NO4.C6H11NO2.C4H9.Li/c1-16(2,3)22-14(20)18(15(21)23-17(4,5)6)11-7-8-13(19)12-9-10-12;1-8-9-14(10(15)17-12(2,3)4)11(16)18-13(5,6)7;1-7(9-2)6(8)5-3-4-5;1-3-4-2;/h12H,9-11H2,1-6H3;1H,9H2,2-7H3;5H,3-4H2,1-2H3;1,3-4H2,2H3;/q;;;-1;+1. The van der Waals surface area contributed by atoms with Crippen molar-refractivity contribution in [2.45, 2.75) is 151 Å². The first-order valence-electron chi connectivity index (χ1n) is 18.1. The van der Waals surface area contributed by atoms with Crippen LogP contribution in [0.15, 0.2) is 0 Å². The summed E-state index contributed by atoms with van der Waals surface area (Å²) in [6, 6.07) is 0. The summed E-state index contributed by atoms with van der Waals surface area (Å²) in [6.45, 7) is 25.7. The van der Waals surface area contributed by atoms with Crippen LogP contribution >= 0.6 is 0 Å². The number of hydroxylamine groups is 2. The van der Waals surface area contributed by atoms with Crippen LogP contribution in [0.2, 0.25) is 0 Å². The normalized spacial score (nSPS) is 13.1. The molecular weight excluding hydrogens is 705 g/mol. The first-order chi connectivity index (χ1) is 24.5. The van der Waals surface area contributed by atoms with Crippen molar-refractivity contribution >= 4 is 36.1 Å². The van der Waals surface area contributed by atoms with Gasteiger partial charge in [-0.2, -0.15) is 6.42 Å². The molecule has 0 aromatic rings. The van der Waals surface area contributed by atoms with Crippen LogP contribution in [0.5, 0.6) is 0 Å². The van der Waals surface area contributed by atoms with Crippen LogP contribution in [0, 0.1) is 42.9 Å². The third-order valence-corrected chi connectivity index (χ3v) is 5.97. The van der Waals surface area contributed by atoms with Crippen molar-refractivity contribution < 1.29 is 71.4 Å². The summed E-state index contributed by atoms with van der Waals surface area (Å²) in [5.74, 6) is 7.48. The number of ether oxygens (including phenoxy) is 4. The molecule has 0 aromatic heterocycles. The third-order valence-electron chi connectivity index (χ3n) is 5.97. The molecule has 0 saturated heterocycles. The molecule has 0 atom stereocenters. The van der Waals surface area contributed by atoms with Gasteiger partial charge in [-0.25, -0.2) is 34.0 Å². The van der Waals surface area contributed by atoms with Crippen molar-refractivity contribution in [1.82, 2.24) is 14.9 Å². The van der Waals surface area contributed by atoms with Gasteiger partial charge in [-0.3, -0.25) is 14.4 Å². The second-order valence-corrected chi connectivity index (χ2v) is 16.4. The van der Waals surface area contributed by atoms with Gasteiger partial charge in [0.25, 0.3) is 0 Å². The van der Waals surface area contributed by atoms with Gasteiger partial charge in [0.2, 0.25) is 11.7 Å². The zero-order chi connectivity index (χ0) is 42.7. The minimum absolute atomic E-state index is 0. The summed E-state index contributed by atoms with van der Waals surface area (Å²) < 4.78 is 20.5. The van der Waals surface area contributed by atoms with Crippen LogP contribution in [0.3, 0.4) is 0 Å². The van der Waals surface area contributed by atoms with Gasteiger partial charge in [0.05, 0.1) is 20.2 Å². The van der Waals surface area contributed by atoms with Crippen LogP contribution < -0.4 is 18.9 Å². The second-order valence-electron chi connectivity index (χ2n) is 16.4. The maximum Gasteiger partial charge on any atom is 1.00 e. The first-order valence-corrected chi connectivity index (χ1v) is 18.1. The van der Waals surface area contributed by atoms with E-state index in [0.717, 1.165) is 41.9 Å². The van der Waals surface area contributed by atoms with Gasteiger partial charge in [-0.05, 0) is 115 Å². The fourth-order valence-electron chi connectivity index (χ4n) is 3.10. The molecule has 15 heteroatoms. The minimum Gasteiger partial charge on any atom is -0.443 e. The van der Waals surface area contributed by atoms with Crippen LogP contribution in [0.25, 0.3) is 0 Å². The summed E-state index contributed by atoms with van der Waals surface area (Å²) >= 11 is 0. The number of amides is 5. The van der Waals surface area contributed by atoms with E-state index in [2.05, 4.69) is 31.6 Å². The van der Waals surface area contributed by atoms with Crippen molar-refractivity contribution in [3.63, 3.8) is 0 Å². The Kier molecular flexibility index (Phi) is 25.7. The number of terminal acetylenes is 1. The zero-order valence-corrected chi connectivity index (χ0v) is 36.4. The predicted octanol–water partition coefficient (Wildman–Crippen LogP) is 4.97. The third kappa shape index (κ3) is 30.2. The quantitative estimate of drug-likeness (QED) is 0.0897. The van der Waals surface area contributed by atoms with E-state index in [-0.39, 0.29) is 55.5 Å². The van der Waals surface area contributed by atoms with Crippen molar-refractivity contribution in [3.05, 3.63) is 6.92 Å². The number of hydrogen-bond acceptors (Lipinski definition) is 11. The number of ketones is 1. The maximum absolute atomic E-state index is 12.2. The fourth-order valence-corrected chi connectivity index (χ4v) is 3.10. The molecule has 2 saturated carbocycles. The smallest absolute Gasteiger partial charge is 0.443 e. The van der Waals surface area contributed by atoms with Gasteiger partial charge < -0.3 is 25.9 Å². The summed E-state index contributed by atoms with van der Waals surface area (Å²) in [5.41, 5.74) is -2.92. The molecular formula is C40H66LiN3O11. The van der Waals surface area contributed by atoms with E-state index in [0.29, 0.717) is 0 Å². The van der Waals surface area contributed by atoms with E-state index >= 15 is 0 Å². The van der Waals surface area contributed by atoms with Gasteiger partial charge in [0.15, 0.2) is 0 Å². The molecule has 308 valence electrons. The average molecular weight is 772 g/mol. The average Bonchev–Trinajstić information content (AvgIpc) is 3.91. The van der Waals surface area contributed by atoms with E-state index in [1.165, 1.54) is 18.6 Å². The molecule has 14 nitrogen and oxygen atoms in total. The topological polar surface area (TPSA) is 158 Å². The molecule has 0 aliphatic heterocycles. The molecule has 0 N–H and O–H groups in total. The summed E-state index contributed by atoms with van der Waals surface area (Å²) in [7, 11) is 3.14. The number of carbonyl (C=O) groups excluding carboxylic acids is 6. The van der Waals surface area contributed by atoms with Gasteiger partial charge >= 0.3 is 43.2 Å². The van der Waals surface area contributed by atoms with Gasteiger partial charge in [0, 0.05) is 18.9 Å². The number of rotatable bonds is 6. The van der Waals surface area contributed by atoms with Crippen LogP contribution in [-0.2, 0) is 33.4 Å². The van der Waals surface area contributed by atoms with Gasteiger partial charge in [0.1, 0.15) is 22.4 Å². The zero-order valence-electron chi connectivity index (χ0n) is 36.4. The Labute approximate surface area is 342 Å². The molecule has 0 spiro atoms. The van der Waals surface area contributed by atoms with E-state index in [1.54, 1.807) is 90.1 Å². The first kappa shape index (κ1) is 55.6. The minimum atomic E-state index is -0.847. The molecule has 0 radical (unpaired) electrons. The molecule has 0 bridgehead atoms.